The molecule has 0 aliphatic rings. The lowest BCUT2D eigenvalue weighted by Crippen LogP contribution is -2.15. The summed E-state index contributed by atoms with van der Waals surface area (Å²) in [5, 5.41) is 0.407. The van der Waals surface area contributed by atoms with Gasteiger partial charge in [-0.1, -0.05) is 25.4 Å². The molecular formula is C13H16ClN5O. The second-order valence-corrected chi connectivity index (χ2v) is 5.13. The van der Waals surface area contributed by atoms with Crippen molar-refractivity contribution >= 4 is 17.5 Å². The number of halogens is 1. The number of hydrogen-bond acceptors (Lipinski definition) is 6. The molecule has 0 saturated carbocycles. The Hall–Kier alpha value is -1.95. The van der Waals surface area contributed by atoms with Crippen molar-refractivity contribution in [2.24, 2.45) is 0 Å². The Balaban J connectivity index is 2.32. The maximum absolute atomic E-state index is 5.73. The van der Waals surface area contributed by atoms with Crippen LogP contribution in [0, 0.1) is 0 Å². The highest BCUT2D eigenvalue weighted by Gasteiger charge is 2.12. The molecule has 0 saturated heterocycles. The summed E-state index contributed by atoms with van der Waals surface area (Å²) in [7, 11) is 3.74. The molecule has 2 rings (SSSR count). The minimum absolute atomic E-state index is 0.183. The van der Waals surface area contributed by atoms with Gasteiger partial charge in [0.05, 0.1) is 6.20 Å². The minimum Gasteiger partial charge on any atom is -0.423 e. The molecule has 0 aromatic carbocycles. The Bertz CT molecular complexity index is 560. The minimum atomic E-state index is 0.183. The number of pyridine rings is 1. The zero-order valence-electron chi connectivity index (χ0n) is 11.8. The number of anilines is 1. The fraction of sp³-hybridized carbons (Fsp3) is 0.385. The highest BCUT2D eigenvalue weighted by atomic mass is 35.5. The van der Waals surface area contributed by atoms with Crippen LogP contribution in [0.25, 0.3) is 0 Å². The van der Waals surface area contributed by atoms with E-state index in [0.717, 1.165) is 0 Å². The first-order valence-electron chi connectivity index (χ1n) is 6.18. The van der Waals surface area contributed by atoms with E-state index in [-0.39, 0.29) is 11.9 Å². The predicted molar refractivity (Wildman–Crippen MR) is 77.6 cm³/mol. The summed E-state index contributed by atoms with van der Waals surface area (Å²) in [6, 6.07) is 3.61. The topological polar surface area (TPSA) is 64.0 Å². The van der Waals surface area contributed by atoms with Crippen molar-refractivity contribution < 1.29 is 4.74 Å². The molecule has 0 amide bonds. The van der Waals surface area contributed by atoms with Crippen LogP contribution in [0.3, 0.4) is 0 Å². The molecule has 0 bridgehead atoms. The molecule has 106 valence electrons. The Labute approximate surface area is 122 Å². The van der Waals surface area contributed by atoms with Gasteiger partial charge in [0.1, 0.15) is 16.7 Å². The number of ether oxygens (including phenoxy) is 1. The lowest BCUT2D eigenvalue weighted by atomic mass is 10.2. The second-order valence-electron chi connectivity index (χ2n) is 4.74. The van der Waals surface area contributed by atoms with E-state index in [1.165, 1.54) is 6.20 Å². The van der Waals surface area contributed by atoms with E-state index in [4.69, 9.17) is 16.3 Å². The van der Waals surface area contributed by atoms with Gasteiger partial charge in [-0.05, 0) is 12.1 Å². The number of rotatable bonds is 4. The maximum atomic E-state index is 5.73. The van der Waals surface area contributed by atoms with Crippen LogP contribution < -0.4 is 9.64 Å². The quantitative estimate of drug-likeness (QED) is 0.808. The van der Waals surface area contributed by atoms with E-state index in [2.05, 4.69) is 19.9 Å². The third-order valence-electron chi connectivity index (χ3n) is 2.45. The van der Waals surface area contributed by atoms with Gasteiger partial charge in [0.2, 0.25) is 5.95 Å². The van der Waals surface area contributed by atoms with Crippen molar-refractivity contribution in [2.75, 3.05) is 19.0 Å². The summed E-state index contributed by atoms with van der Waals surface area (Å²) < 4.78 is 5.60. The molecule has 0 atom stereocenters. The average molecular weight is 294 g/mol. The lowest BCUT2D eigenvalue weighted by Gasteiger charge is -2.14. The van der Waals surface area contributed by atoms with E-state index < -0.39 is 0 Å². The molecule has 0 spiro atoms. The standard InChI is InChI=1S/C13H16ClN5O/c1-8(2)11-16-12(19(3)4)18-13(17-11)20-9-5-6-10(14)15-7-9/h5-8H,1-4H3. The summed E-state index contributed by atoms with van der Waals surface area (Å²) in [5.74, 6) is 1.95. The summed E-state index contributed by atoms with van der Waals surface area (Å²) in [4.78, 5) is 18.7. The molecule has 2 heterocycles. The molecule has 2 aromatic rings. The van der Waals surface area contributed by atoms with Gasteiger partial charge in [-0.3, -0.25) is 0 Å². The Morgan fingerprint density at radius 3 is 2.45 bits per heavy atom. The van der Waals surface area contributed by atoms with Crippen LogP contribution in [0.5, 0.6) is 11.8 Å². The molecule has 0 aliphatic carbocycles. The van der Waals surface area contributed by atoms with Gasteiger partial charge < -0.3 is 9.64 Å². The largest absolute Gasteiger partial charge is 0.423 e. The van der Waals surface area contributed by atoms with E-state index in [1.807, 2.05) is 27.9 Å². The lowest BCUT2D eigenvalue weighted by molar-refractivity contribution is 0.432. The van der Waals surface area contributed by atoms with Crippen LogP contribution in [-0.2, 0) is 0 Å². The zero-order valence-corrected chi connectivity index (χ0v) is 12.6. The molecule has 0 fully saturated rings. The first-order valence-corrected chi connectivity index (χ1v) is 6.56. The van der Waals surface area contributed by atoms with E-state index in [9.17, 15) is 0 Å². The third kappa shape index (κ3) is 3.54. The van der Waals surface area contributed by atoms with E-state index in [1.54, 1.807) is 17.0 Å². The van der Waals surface area contributed by atoms with Gasteiger partial charge in [-0.2, -0.15) is 15.0 Å². The Morgan fingerprint density at radius 1 is 1.15 bits per heavy atom. The predicted octanol–water partition coefficient (Wildman–Crippen LogP) is 2.90. The number of nitrogens with zero attached hydrogens (tertiary/aromatic N) is 5. The summed E-state index contributed by atoms with van der Waals surface area (Å²) in [6.45, 7) is 4.03. The molecule has 7 heteroatoms. The smallest absolute Gasteiger partial charge is 0.327 e. The maximum Gasteiger partial charge on any atom is 0.327 e. The fourth-order valence-electron chi connectivity index (χ4n) is 1.39. The average Bonchev–Trinajstić information content (AvgIpc) is 2.41. The van der Waals surface area contributed by atoms with Gasteiger partial charge in [0.25, 0.3) is 0 Å². The molecule has 0 N–H and O–H groups in total. The second kappa shape index (κ2) is 6.00. The van der Waals surface area contributed by atoms with Crippen molar-refractivity contribution in [3.05, 3.63) is 29.3 Å². The molecule has 6 nitrogen and oxygen atoms in total. The van der Waals surface area contributed by atoms with Crippen molar-refractivity contribution in [1.29, 1.82) is 0 Å². The van der Waals surface area contributed by atoms with Crippen molar-refractivity contribution in [3.8, 4) is 11.8 Å². The van der Waals surface area contributed by atoms with Gasteiger partial charge in [-0.25, -0.2) is 4.98 Å². The third-order valence-corrected chi connectivity index (χ3v) is 2.67. The van der Waals surface area contributed by atoms with Crippen LogP contribution in [0.4, 0.5) is 5.95 Å². The summed E-state index contributed by atoms with van der Waals surface area (Å²) in [6.07, 6.45) is 1.52. The van der Waals surface area contributed by atoms with Crippen molar-refractivity contribution in [3.63, 3.8) is 0 Å². The summed E-state index contributed by atoms with van der Waals surface area (Å²) in [5.41, 5.74) is 0. The molecule has 0 aliphatic heterocycles. The van der Waals surface area contributed by atoms with Crippen LogP contribution in [0.2, 0.25) is 5.15 Å². The normalized spacial score (nSPS) is 10.7. The van der Waals surface area contributed by atoms with Crippen molar-refractivity contribution in [1.82, 2.24) is 19.9 Å². The van der Waals surface area contributed by atoms with Gasteiger partial charge >= 0.3 is 6.01 Å². The molecule has 20 heavy (non-hydrogen) atoms. The van der Waals surface area contributed by atoms with Crippen molar-refractivity contribution in [2.45, 2.75) is 19.8 Å². The molecule has 0 unspecified atom stereocenters. The molecular weight excluding hydrogens is 278 g/mol. The van der Waals surface area contributed by atoms with Gasteiger partial charge in [0.15, 0.2) is 0 Å². The monoisotopic (exact) mass is 293 g/mol. The van der Waals surface area contributed by atoms with Gasteiger partial charge in [-0.15, -0.1) is 0 Å². The fourth-order valence-corrected chi connectivity index (χ4v) is 1.50. The van der Waals surface area contributed by atoms with Gasteiger partial charge in [0, 0.05) is 20.0 Å². The zero-order chi connectivity index (χ0) is 14.7. The Morgan fingerprint density at radius 2 is 1.90 bits per heavy atom. The van der Waals surface area contributed by atoms with E-state index >= 15 is 0 Å². The first kappa shape index (κ1) is 14.5. The van der Waals surface area contributed by atoms with Crippen LogP contribution in [0.15, 0.2) is 18.3 Å². The highest BCUT2D eigenvalue weighted by Crippen LogP contribution is 2.21. The van der Waals surface area contributed by atoms with Crippen LogP contribution in [-0.4, -0.2) is 34.0 Å². The molecule has 2 aromatic heterocycles. The van der Waals surface area contributed by atoms with Crippen LogP contribution >= 0.6 is 11.6 Å². The highest BCUT2D eigenvalue weighted by molar-refractivity contribution is 6.29. The Kier molecular flexibility index (Phi) is 4.34. The number of aromatic nitrogens is 4. The molecule has 0 radical (unpaired) electrons. The first-order chi connectivity index (χ1) is 9.45. The number of hydrogen-bond donors (Lipinski definition) is 0. The van der Waals surface area contributed by atoms with Crippen LogP contribution in [0.1, 0.15) is 25.6 Å². The van der Waals surface area contributed by atoms with E-state index in [0.29, 0.717) is 22.7 Å². The SMILES string of the molecule is CC(C)c1nc(Oc2ccc(Cl)nc2)nc(N(C)C)n1. The summed E-state index contributed by atoms with van der Waals surface area (Å²) >= 11 is 5.73.